The molecular weight excluding hydrogens is 322 g/mol. The number of hydrogen-bond donors (Lipinski definition) is 1. The second kappa shape index (κ2) is 7.54. The Bertz CT molecular complexity index is 579. The molecule has 1 amide bonds. The molecule has 0 aromatic carbocycles. The number of rotatable bonds is 3. The van der Waals surface area contributed by atoms with Crippen molar-refractivity contribution in [1.82, 2.24) is 5.32 Å². The summed E-state index contributed by atoms with van der Waals surface area (Å²) in [7, 11) is 0. The maximum Gasteiger partial charge on any atom is 0.261 e. The first-order valence-corrected chi connectivity index (χ1v) is 10.3. The van der Waals surface area contributed by atoms with Crippen molar-refractivity contribution >= 4 is 17.2 Å². The maximum absolute atomic E-state index is 12.9. The maximum atomic E-state index is 12.9. The van der Waals surface area contributed by atoms with Gasteiger partial charge in [0.05, 0.1) is 11.5 Å². The number of ether oxygens (including phenoxy) is 2. The van der Waals surface area contributed by atoms with Gasteiger partial charge in [0, 0.05) is 31.8 Å². The highest BCUT2D eigenvalue weighted by molar-refractivity contribution is 7.12. The lowest BCUT2D eigenvalue weighted by Crippen LogP contribution is -2.49. The summed E-state index contributed by atoms with van der Waals surface area (Å²) in [6, 6.07) is 0.246. The average Bonchev–Trinajstić information content (AvgIpc) is 3.07. The minimum atomic E-state index is 0.145. The molecule has 1 aromatic heterocycles. The van der Waals surface area contributed by atoms with Crippen LogP contribution in [0.4, 0.5) is 0 Å². The van der Waals surface area contributed by atoms with E-state index in [1.54, 1.807) is 11.3 Å². The van der Waals surface area contributed by atoms with Crippen LogP contribution in [-0.2, 0) is 22.3 Å². The zero-order valence-electron chi connectivity index (χ0n) is 14.2. The number of carbonyl (C=O) groups is 1. The molecule has 24 heavy (non-hydrogen) atoms. The first-order chi connectivity index (χ1) is 11.8. The van der Waals surface area contributed by atoms with Gasteiger partial charge in [-0.2, -0.15) is 0 Å². The summed E-state index contributed by atoms with van der Waals surface area (Å²) < 4.78 is 11.2. The van der Waals surface area contributed by atoms with E-state index in [2.05, 4.69) is 10.7 Å². The molecule has 2 saturated heterocycles. The number of hydrogen-bond acceptors (Lipinski definition) is 4. The largest absolute Gasteiger partial charge is 0.381 e. The van der Waals surface area contributed by atoms with Gasteiger partial charge < -0.3 is 14.8 Å². The SMILES string of the molecule is O=C(N[C@H]1CCOC[C@H]1C1CCOCC1)c1scc2c1CCCC2. The third kappa shape index (κ3) is 3.39. The summed E-state index contributed by atoms with van der Waals surface area (Å²) in [5.41, 5.74) is 2.72. The summed E-state index contributed by atoms with van der Waals surface area (Å²) in [5, 5.41) is 5.57. The standard InChI is InChI=1S/C19H27NO3S/c21-19(18-15-4-2-1-3-14(15)12-24-18)20-17-7-10-23-11-16(17)13-5-8-22-9-6-13/h12-13,16-17H,1-11H2,(H,20,21)/t16-,17-/m0/s1. The molecular formula is C19H27NO3S. The van der Waals surface area contributed by atoms with Crippen molar-refractivity contribution in [3.8, 4) is 0 Å². The molecule has 4 nitrogen and oxygen atoms in total. The van der Waals surface area contributed by atoms with Crippen LogP contribution in [0.15, 0.2) is 5.38 Å². The second-order valence-corrected chi connectivity index (χ2v) is 8.21. The van der Waals surface area contributed by atoms with Crippen LogP contribution in [-0.4, -0.2) is 38.4 Å². The van der Waals surface area contributed by atoms with Crippen LogP contribution >= 0.6 is 11.3 Å². The summed E-state index contributed by atoms with van der Waals surface area (Å²) in [4.78, 5) is 13.9. The van der Waals surface area contributed by atoms with E-state index in [4.69, 9.17) is 9.47 Å². The third-order valence-electron chi connectivity index (χ3n) is 5.90. The first-order valence-electron chi connectivity index (χ1n) is 9.38. The molecule has 0 unspecified atom stereocenters. The monoisotopic (exact) mass is 349 g/mol. The van der Waals surface area contributed by atoms with Crippen LogP contribution in [0.1, 0.15) is 52.9 Å². The minimum absolute atomic E-state index is 0.145. The minimum Gasteiger partial charge on any atom is -0.381 e. The fourth-order valence-corrected chi connectivity index (χ4v) is 5.55. The number of aryl methyl sites for hydroxylation is 1. The van der Waals surface area contributed by atoms with Crippen molar-refractivity contribution in [3.05, 3.63) is 21.4 Å². The topological polar surface area (TPSA) is 47.6 Å². The van der Waals surface area contributed by atoms with Crippen molar-refractivity contribution in [2.45, 2.75) is 51.0 Å². The van der Waals surface area contributed by atoms with E-state index >= 15 is 0 Å². The number of nitrogens with one attached hydrogen (secondary N) is 1. The van der Waals surface area contributed by atoms with E-state index < -0.39 is 0 Å². The van der Waals surface area contributed by atoms with Gasteiger partial charge in [-0.1, -0.05) is 0 Å². The molecule has 5 heteroatoms. The lowest BCUT2D eigenvalue weighted by molar-refractivity contribution is -0.0259. The van der Waals surface area contributed by atoms with Crippen molar-refractivity contribution in [3.63, 3.8) is 0 Å². The molecule has 132 valence electrons. The number of amides is 1. The predicted octanol–water partition coefficient (Wildman–Crippen LogP) is 3.19. The Morgan fingerprint density at radius 2 is 1.88 bits per heavy atom. The number of carbonyl (C=O) groups excluding carboxylic acids is 1. The van der Waals surface area contributed by atoms with Crippen LogP contribution in [0.5, 0.6) is 0 Å². The van der Waals surface area contributed by atoms with Gasteiger partial charge in [-0.05, 0) is 67.4 Å². The highest BCUT2D eigenvalue weighted by Gasteiger charge is 2.35. The van der Waals surface area contributed by atoms with E-state index in [9.17, 15) is 4.79 Å². The lowest BCUT2D eigenvalue weighted by Gasteiger charge is -2.39. The van der Waals surface area contributed by atoms with Crippen molar-refractivity contribution in [2.24, 2.45) is 11.8 Å². The van der Waals surface area contributed by atoms with Crippen LogP contribution < -0.4 is 5.32 Å². The molecule has 0 spiro atoms. The molecule has 0 saturated carbocycles. The zero-order valence-corrected chi connectivity index (χ0v) is 15.0. The van der Waals surface area contributed by atoms with E-state index in [-0.39, 0.29) is 11.9 Å². The first kappa shape index (κ1) is 16.6. The Labute approximate surface area is 147 Å². The summed E-state index contributed by atoms with van der Waals surface area (Å²) in [5.74, 6) is 1.19. The van der Waals surface area contributed by atoms with Crippen LogP contribution in [0.3, 0.4) is 0 Å². The zero-order chi connectivity index (χ0) is 16.4. The van der Waals surface area contributed by atoms with E-state index in [0.717, 1.165) is 63.4 Å². The average molecular weight is 349 g/mol. The molecule has 3 aliphatic rings. The lowest BCUT2D eigenvalue weighted by atomic mass is 9.79. The normalized spacial score (nSPS) is 28.3. The molecule has 2 atom stereocenters. The van der Waals surface area contributed by atoms with Gasteiger partial charge in [0.1, 0.15) is 0 Å². The van der Waals surface area contributed by atoms with Gasteiger partial charge >= 0.3 is 0 Å². The smallest absolute Gasteiger partial charge is 0.261 e. The van der Waals surface area contributed by atoms with E-state index in [1.807, 2.05) is 0 Å². The quantitative estimate of drug-likeness (QED) is 0.912. The van der Waals surface area contributed by atoms with E-state index in [0.29, 0.717) is 11.8 Å². The van der Waals surface area contributed by atoms with Crippen LogP contribution in [0.25, 0.3) is 0 Å². The Kier molecular flexibility index (Phi) is 5.20. The Morgan fingerprint density at radius 3 is 2.75 bits per heavy atom. The number of fused-ring (bicyclic) bond motifs is 1. The summed E-state index contributed by atoms with van der Waals surface area (Å²) in [6.45, 7) is 3.23. The van der Waals surface area contributed by atoms with Crippen molar-refractivity contribution in [2.75, 3.05) is 26.4 Å². The summed E-state index contributed by atoms with van der Waals surface area (Å²) in [6.07, 6.45) is 7.80. The summed E-state index contributed by atoms with van der Waals surface area (Å²) >= 11 is 1.64. The van der Waals surface area contributed by atoms with Gasteiger partial charge in [0.2, 0.25) is 0 Å². The molecule has 1 N–H and O–H groups in total. The molecule has 0 bridgehead atoms. The molecule has 1 aromatic rings. The third-order valence-corrected chi connectivity index (χ3v) is 6.97. The van der Waals surface area contributed by atoms with Crippen LogP contribution in [0.2, 0.25) is 0 Å². The number of thiophene rings is 1. The Morgan fingerprint density at radius 1 is 1.08 bits per heavy atom. The highest BCUT2D eigenvalue weighted by atomic mass is 32.1. The predicted molar refractivity (Wildman–Crippen MR) is 94.7 cm³/mol. The fraction of sp³-hybridized carbons (Fsp3) is 0.737. The van der Waals surface area contributed by atoms with Gasteiger partial charge in [0.25, 0.3) is 5.91 Å². The van der Waals surface area contributed by atoms with Gasteiger partial charge in [-0.15, -0.1) is 11.3 Å². The molecule has 2 aliphatic heterocycles. The second-order valence-electron chi connectivity index (χ2n) is 7.33. The van der Waals surface area contributed by atoms with E-state index in [1.165, 1.54) is 24.0 Å². The highest BCUT2D eigenvalue weighted by Crippen LogP contribution is 2.32. The Balaban J connectivity index is 1.46. The van der Waals surface area contributed by atoms with Crippen LogP contribution in [0, 0.1) is 11.8 Å². The van der Waals surface area contributed by atoms with Crippen molar-refractivity contribution in [1.29, 1.82) is 0 Å². The fourth-order valence-electron chi connectivity index (χ4n) is 4.49. The Hall–Kier alpha value is -0.910. The van der Waals surface area contributed by atoms with Gasteiger partial charge in [0.15, 0.2) is 0 Å². The molecule has 3 heterocycles. The molecule has 0 radical (unpaired) electrons. The molecule has 2 fully saturated rings. The van der Waals surface area contributed by atoms with Crippen molar-refractivity contribution < 1.29 is 14.3 Å². The van der Waals surface area contributed by atoms with Gasteiger partial charge in [-0.25, -0.2) is 0 Å². The molecule has 1 aliphatic carbocycles. The molecule has 4 rings (SSSR count). The van der Waals surface area contributed by atoms with Gasteiger partial charge in [-0.3, -0.25) is 4.79 Å².